The van der Waals surface area contributed by atoms with Crippen LogP contribution in [0.5, 0.6) is 0 Å². The summed E-state index contributed by atoms with van der Waals surface area (Å²) in [5, 5.41) is 4.49. The summed E-state index contributed by atoms with van der Waals surface area (Å²) in [6.45, 7) is 1.83. The van der Waals surface area contributed by atoms with Crippen LogP contribution in [0.1, 0.15) is 42.7 Å². The Morgan fingerprint density at radius 3 is 2.43 bits per heavy atom. The normalized spacial score (nSPS) is 21.3. The van der Waals surface area contributed by atoms with E-state index >= 15 is 0 Å². The molecule has 2 aliphatic rings. The fourth-order valence-corrected chi connectivity index (χ4v) is 4.78. The summed E-state index contributed by atoms with van der Waals surface area (Å²) >= 11 is 12.5. The molecule has 0 bridgehead atoms. The van der Waals surface area contributed by atoms with Gasteiger partial charge in [0.25, 0.3) is 0 Å². The molecule has 1 aliphatic heterocycles. The Balaban J connectivity index is 1.82. The average molecular weight is 442 g/mol. The summed E-state index contributed by atoms with van der Waals surface area (Å²) < 4.78 is 5.04. The first-order chi connectivity index (χ1) is 14.4. The Morgan fingerprint density at radius 1 is 1.07 bits per heavy atom. The van der Waals surface area contributed by atoms with Gasteiger partial charge in [-0.2, -0.15) is 0 Å². The Labute approximate surface area is 185 Å². The molecular formula is C24H21Cl2NO3. The van der Waals surface area contributed by atoms with E-state index < -0.39 is 11.9 Å². The minimum atomic E-state index is -0.555. The monoisotopic (exact) mass is 441 g/mol. The standard InChI is InChI=1S/C24H21Cl2NO3/c1-13-21(24(29)30-2)22(17-5-3-4-6-18(17)26)23-19(27-13)11-15(12-20(23)28)14-7-9-16(25)10-8-14/h3-10,15,22,27H,11-12H2,1-2H3. The highest BCUT2D eigenvalue weighted by Gasteiger charge is 2.41. The van der Waals surface area contributed by atoms with Gasteiger partial charge >= 0.3 is 5.97 Å². The van der Waals surface area contributed by atoms with Gasteiger partial charge in [-0.05, 0) is 48.6 Å². The third kappa shape index (κ3) is 3.66. The number of hydrogen-bond donors (Lipinski definition) is 1. The van der Waals surface area contributed by atoms with Gasteiger partial charge in [-0.15, -0.1) is 0 Å². The summed E-state index contributed by atoms with van der Waals surface area (Å²) in [4.78, 5) is 26.1. The van der Waals surface area contributed by atoms with E-state index in [2.05, 4.69) is 5.32 Å². The number of methoxy groups -OCH3 is 1. The molecule has 1 aliphatic carbocycles. The fourth-order valence-electron chi connectivity index (χ4n) is 4.41. The number of allylic oxidation sites excluding steroid dienone is 3. The van der Waals surface area contributed by atoms with Crippen molar-refractivity contribution in [3.63, 3.8) is 0 Å². The maximum absolute atomic E-state index is 13.4. The van der Waals surface area contributed by atoms with Crippen molar-refractivity contribution in [3.05, 3.63) is 92.2 Å². The van der Waals surface area contributed by atoms with Gasteiger partial charge < -0.3 is 10.1 Å². The molecular weight excluding hydrogens is 421 g/mol. The first-order valence-corrected chi connectivity index (χ1v) is 10.5. The predicted molar refractivity (Wildman–Crippen MR) is 118 cm³/mol. The number of carbonyl (C=O) groups is 2. The molecule has 2 aromatic rings. The van der Waals surface area contributed by atoms with E-state index in [1.165, 1.54) is 7.11 Å². The van der Waals surface area contributed by atoms with Gasteiger partial charge in [0.2, 0.25) is 0 Å². The predicted octanol–water partition coefficient (Wildman–Crippen LogP) is 5.53. The van der Waals surface area contributed by atoms with Crippen LogP contribution in [0.15, 0.2) is 71.1 Å². The zero-order chi connectivity index (χ0) is 21.4. The molecule has 0 saturated heterocycles. The molecule has 1 heterocycles. The van der Waals surface area contributed by atoms with Crippen LogP contribution >= 0.6 is 23.2 Å². The maximum atomic E-state index is 13.4. The molecule has 0 aromatic heterocycles. The molecule has 0 fully saturated rings. The molecule has 2 aromatic carbocycles. The molecule has 1 N–H and O–H groups in total. The molecule has 6 heteroatoms. The highest BCUT2D eigenvalue weighted by Crippen LogP contribution is 2.47. The molecule has 30 heavy (non-hydrogen) atoms. The number of esters is 1. The Kier molecular flexibility index (Phi) is 5.72. The number of Topliss-reactive ketones (excluding diaryl/α,β-unsaturated/α-hetero) is 1. The van der Waals surface area contributed by atoms with E-state index in [1.807, 2.05) is 49.4 Å². The summed E-state index contributed by atoms with van der Waals surface area (Å²) in [5.74, 6) is -0.979. The van der Waals surface area contributed by atoms with Crippen molar-refractivity contribution < 1.29 is 14.3 Å². The van der Waals surface area contributed by atoms with Crippen molar-refractivity contribution >= 4 is 35.0 Å². The van der Waals surface area contributed by atoms with E-state index in [9.17, 15) is 9.59 Å². The van der Waals surface area contributed by atoms with Crippen LogP contribution in [0.4, 0.5) is 0 Å². The number of halogens is 2. The summed E-state index contributed by atoms with van der Waals surface area (Å²) in [5.41, 5.74) is 4.32. The first-order valence-electron chi connectivity index (χ1n) is 9.73. The third-order valence-corrected chi connectivity index (χ3v) is 6.39. The van der Waals surface area contributed by atoms with Gasteiger partial charge in [-0.25, -0.2) is 4.79 Å². The smallest absolute Gasteiger partial charge is 0.336 e. The number of ether oxygens (including phenoxy) is 1. The number of benzene rings is 2. The third-order valence-electron chi connectivity index (χ3n) is 5.79. The van der Waals surface area contributed by atoms with Crippen LogP contribution in [-0.2, 0) is 14.3 Å². The maximum Gasteiger partial charge on any atom is 0.336 e. The lowest BCUT2D eigenvalue weighted by Gasteiger charge is -2.36. The second-order valence-electron chi connectivity index (χ2n) is 7.58. The number of nitrogens with one attached hydrogen (secondary N) is 1. The van der Waals surface area contributed by atoms with Crippen LogP contribution in [0.3, 0.4) is 0 Å². The van der Waals surface area contributed by atoms with Crippen LogP contribution in [0, 0.1) is 0 Å². The molecule has 0 saturated carbocycles. The molecule has 2 atom stereocenters. The Bertz CT molecular complexity index is 1090. The lowest BCUT2D eigenvalue weighted by atomic mass is 9.71. The van der Waals surface area contributed by atoms with Gasteiger partial charge in [-0.3, -0.25) is 4.79 Å². The van der Waals surface area contributed by atoms with Crippen molar-refractivity contribution in [1.29, 1.82) is 0 Å². The second-order valence-corrected chi connectivity index (χ2v) is 8.43. The molecule has 0 radical (unpaired) electrons. The zero-order valence-corrected chi connectivity index (χ0v) is 18.2. The van der Waals surface area contributed by atoms with Gasteiger partial charge in [-0.1, -0.05) is 53.5 Å². The zero-order valence-electron chi connectivity index (χ0n) is 16.7. The molecule has 0 spiro atoms. The summed E-state index contributed by atoms with van der Waals surface area (Å²) in [7, 11) is 1.34. The van der Waals surface area contributed by atoms with E-state index in [1.54, 1.807) is 6.07 Å². The van der Waals surface area contributed by atoms with Crippen LogP contribution in [0.25, 0.3) is 0 Å². The Morgan fingerprint density at radius 2 is 1.77 bits per heavy atom. The van der Waals surface area contributed by atoms with Gasteiger partial charge in [0.05, 0.1) is 12.7 Å². The topological polar surface area (TPSA) is 55.4 Å². The van der Waals surface area contributed by atoms with E-state index in [-0.39, 0.29) is 11.7 Å². The van der Waals surface area contributed by atoms with Gasteiger partial charge in [0.15, 0.2) is 5.78 Å². The van der Waals surface area contributed by atoms with Gasteiger partial charge in [0.1, 0.15) is 0 Å². The first kappa shape index (κ1) is 20.7. The molecule has 4 nitrogen and oxygen atoms in total. The van der Waals surface area contributed by atoms with Crippen LogP contribution in [0.2, 0.25) is 10.0 Å². The second kappa shape index (κ2) is 8.29. The fraction of sp³-hybridized carbons (Fsp3) is 0.250. The van der Waals surface area contributed by atoms with E-state index in [0.29, 0.717) is 39.7 Å². The van der Waals surface area contributed by atoms with Crippen LogP contribution < -0.4 is 5.32 Å². The van der Waals surface area contributed by atoms with Crippen molar-refractivity contribution in [1.82, 2.24) is 5.32 Å². The summed E-state index contributed by atoms with van der Waals surface area (Å²) in [6, 6.07) is 14.9. The van der Waals surface area contributed by atoms with E-state index in [0.717, 1.165) is 16.8 Å². The quantitative estimate of drug-likeness (QED) is 0.636. The lowest BCUT2D eigenvalue weighted by molar-refractivity contribution is -0.136. The Hall–Kier alpha value is -2.56. The van der Waals surface area contributed by atoms with Crippen LogP contribution in [-0.4, -0.2) is 18.9 Å². The highest BCUT2D eigenvalue weighted by atomic mass is 35.5. The minimum absolute atomic E-state index is 0.00234. The van der Waals surface area contributed by atoms with Crippen molar-refractivity contribution in [2.24, 2.45) is 0 Å². The number of ketones is 1. The summed E-state index contributed by atoms with van der Waals surface area (Å²) in [6.07, 6.45) is 1.02. The van der Waals surface area contributed by atoms with Crippen molar-refractivity contribution in [2.45, 2.75) is 31.6 Å². The molecule has 4 rings (SSSR count). The SMILES string of the molecule is COC(=O)C1=C(C)NC2=C(C(=O)CC(c3ccc(Cl)cc3)C2)C1c1ccccc1Cl. The molecule has 0 amide bonds. The minimum Gasteiger partial charge on any atom is -0.466 e. The van der Waals surface area contributed by atoms with Crippen molar-refractivity contribution in [3.8, 4) is 0 Å². The van der Waals surface area contributed by atoms with E-state index in [4.69, 9.17) is 27.9 Å². The van der Waals surface area contributed by atoms with Gasteiger partial charge in [0, 0.05) is 39.4 Å². The lowest BCUT2D eigenvalue weighted by Crippen LogP contribution is -2.36. The number of hydrogen-bond acceptors (Lipinski definition) is 4. The van der Waals surface area contributed by atoms with Crippen molar-refractivity contribution in [2.75, 3.05) is 7.11 Å². The number of dihydropyridines is 1. The molecule has 154 valence electrons. The number of carbonyl (C=O) groups excluding carboxylic acids is 2. The average Bonchev–Trinajstić information content (AvgIpc) is 2.73. The number of rotatable bonds is 3. The highest BCUT2D eigenvalue weighted by molar-refractivity contribution is 6.31. The largest absolute Gasteiger partial charge is 0.466 e. The molecule has 2 unspecified atom stereocenters.